The quantitative estimate of drug-likeness (QED) is 0.838. The molecule has 1 heterocycles. The summed E-state index contributed by atoms with van der Waals surface area (Å²) < 4.78 is 5.14. The minimum atomic E-state index is -0.845. The zero-order valence-electron chi connectivity index (χ0n) is 9.59. The number of benzene rings is 1. The monoisotopic (exact) mass is 234 g/mol. The molecule has 0 radical (unpaired) electrons. The van der Waals surface area contributed by atoms with Gasteiger partial charge in [-0.25, -0.2) is 0 Å². The number of amidine groups is 1. The smallest absolute Gasteiger partial charge is 0.323 e. The molecule has 90 valence electrons. The molecule has 0 saturated heterocycles. The summed E-state index contributed by atoms with van der Waals surface area (Å²) in [7, 11) is 1.60. The van der Waals surface area contributed by atoms with Crippen molar-refractivity contribution in [2.45, 2.75) is 0 Å². The maximum Gasteiger partial charge on any atom is 0.323 e. The van der Waals surface area contributed by atoms with Crippen molar-refractivity contribution in [3.8, 4) is 5.75 Å². The van der Waals surface area contributed by atoms with Gasteiger partial charge in [0.05, 0.1) is 13.7 Å². The summed E-state index contributed by atoms with van der Waals surface area (Å²) in [5, 5.41) is 8.82. The molecule has 1 aromatic rings. The van der Waals surface area contributed by atoms with E-state index in [1.807, 2.05) is 24.3 Å². The molecule has 0 spiro atoms. The molecule has 0 amide bonds. The third kappa shape index (κ3) is 2.55. The summed E-state index contributed by atoms with van der Waals surface area (Å²) in [6.45, 7) is 1.27. The highest BCUT2D eigenvalue weighted by atomic mass is 16.5. The lowest BCUT2D eigenvalue weighted by molar-refractivity contribution is -0.137. The lowest BCUT2D eigenvalue weighted by Crippen LogP contribution is -2.33. The maximum absolute atomic E-state index is 10.7. The molecule has 17 heavy (non-hydrogen) atoms. The van der Waals surface area contributed by atoms with Crippen LogP contribution in [0, 0.1) is 0 Å². The van der Waals surface area contributed by atoms with Gasteiger partial charge in [0.25, 0.3) is 0 Å². The van der Waals surface area contributed by atoms with Gasteiger partial charge < -0.3 is 14.7 Å². The number of carboxylic acids is 1. The van der Waals surface area contributed by atoms with Crippen LogP contribution in [0.1, 0.15) is 5.56 Å². The highest BCUT2D eigenvalue weighted by molar-refractivity contribution is 6.01. The number of hydrogen-bond donors (Lipinski definition) is 1. The largest absolute Gasteiger partial charge is 0.497 e. The molecule has 0 aliphatic carbocycles. The van der Waals surface area contributed by atoms with E-state index < -0.39 is 5.97 Å². The first-order valence-corrected chi connectivity index (χ1v) is 5.36. The Labute approximate surface area is 99.3 Å². The Morgan fingerprint density at radius 3 is 3.12 bits per heavy atom. The number of aliphatic carboxylic acids is 1. The first-order valence-electron chi connectivity index (χ1n) is 5.36. The fourth-order valence-corrected chi connectivity index (χ4v) is 1.84. The van der Waals surface area contributed by atoms with E-state index in [4.69, 9.17) is 9.84 Å². The van der Waals surface area contributed by atoms with E-state index in [0.29, 0.717) is 13.1 Å². The molecule has 5 nitrogen and oxygen atoms in total. The minimum Gasteiger partial charge on any atom is -0.497 e. The first kappa shape index (κ1) is 11.4. The van der Waals surface area contributed by atoms with Crippen LogP contribution in [0.2, 0.25) is 0 Å². The standard InChI is InChI=1S/C12H14N2O3/c1-17-10-4-2-3-9(7-10)12-13-5-6-14(12)8-11(15)16/h2-4,7H,5-6,8H2,1H3,(H,15,16). The van der Waals surface area contributed by atoms with Gasteiger partial charge in [-0.15, -0.1) is 0 Å². The topological polar surface area (TPSA) is 62.1 Å². The number of ether oxygens (including phenoxy) is 1. The van der Waals surface area contributed by atoms with Gasteiger partial charge in [-0.3, -0.25) is 9.79 Å². The molecule has 1 N–H and O–H groups in total. The molecule has 2 rings (SSSR count). The Morgan fingerprint density at radius 2 is 2.41 bits per heavy atom. The first-order chi connectivity index (χ1) is 8.20. The summed E-state index contributed by atoms with van der Waals surface area (Å²) >= 11 is 0. The van der Waals surface area contributed by atoms with Gasteiger partial charge in [0.2, 0.25) is 0 Å². The van der Waals surface area contributed by atoms with Gasteiger partial charge in [0, 0.05) is 12.1 Å². The van der Waals surface area contributed by atoms with Crippen molar-refractivity contribution >= 4 is 11.8 Å². The predicted molar refractivity (Wildman–Crippen MR) is 63.6 cm³/mol. The van der Waals surface area contributed by atoms with Gasteiger partial charge in [0.15, 0.2) is 0 Å². The molecule has 1 aliphatic heterocycles. The van der Waals surface area contributed by atoms with Crippen molar-refractivity contribution in [1.82, 2.24) is 4.90 Å². The second-order valence-corrected chi connectivity index (χ2v) is 3.75. The van der Waals surface area contributed by atoms with Gasteiger partial charge >= 0.3 is 5.97 Å². The Hall–Kier alpha value is -2.04. The fourth-order valence-electron chi connectivity index (χ4n) is 1.84. The number of hydrogen-bond acceptors (Lipinski definition) is 4. The molecule has 0 saturated carbocycles. The SMILES string of the molecule is COc1cccc(C2=NCCN2CC(=O)O)c1. The van der Waals surface area contributed by atoms with Crippen LogP contribution in [0.25, 0.3) is 0 Å². The van der Waals surface area contributed by atoms with Gasteiger partial charge in [-0.05, 0) is 12.1 Å². The maximum atomic E-state index is 10.7. The molecule has 0 atom stereocenters. The normalized spacial score (nSPS) is 14.6. The summed E-state index contributed by atoms with van der Waals surface area (Å²) in [6, 6.07) is 7.48. The highest BCUT2D eigenvalue weighted by Gasteiger charge is 2.20. The Kier molecular flexibility index (Phi) is 3.27. The highest BCUT2D eigenvalue weighted by Crippen LogP contribution is 2.17. The zero-order valence-corrected chi connectivity index (χ0v) is 9.59. The number of rotatable bonds is 4. The van der Waals surface area contributed by atoms with Crippen LogP contribution < -0.4 is 4.74 Å². The van der Waals surface area contributed by atoms with Crippen molar-refractivity contribution in [1.29, 1.82) is 0 Å². The summed E-state index contributed by atoms with van der Waals surface area (Å²) in [6.07, 6.45) is 0. The van der Waals surface area contributed by atoms with Gasteiger partial charge in [-0.2, -0.15) is 0 Å². The fraction of sp³-hybridized carbons (Fsp3) is 0.333. The third-order valence-electron chi connectivity index (χ3n) is 2.59. The van der Waals surface area contributed by atoms with Crippen molar-refractivity contribution in [2.75, 3.05) is 26.7 Å². The summed E-state index contributed by atoms with van der Waals surface area (Å²) in [5.74, 6) is 0.626. The van der Waals surface area contributed by atoms with E-state index in [2.05, 4.69) is 4.99 Å². The lowest BCUT2D eigenvalue weighted by atomic mass is 10.2. The molecule has 1 aliphatic rings. The van der Waals surface area contributed by atoms with Crippen LogP contribution in [-0.4, -0.2) is 48.6 Å². The average molecular weight is 234 g/mol. The number of methoxy groups -OCH3 is 1. The van der Waals surface area contributed by atoms with Crippen molar-refractivity contribution in [3.63, 3.8) is 0 Å². The summed E-state index contributed by atoms with van der Waals surface area (Å²) in [4.78, 5) is 16.8. The van der Waals surface area contributed by atoms with Crippen LogP contribution in [0.4, 0.5) is 0 Å². The average Bonchev–Trinajstić information content (AvgIpc) is 2.76. The van der Waals surface area contributed by atoms with E-state index in [0.717, 1.165) is 17.1 Å². The van der Waals surface area contributed by atoms with Gasteiger partial charge in [-0.1, -0.05) is 12.1 Å². The number of carboxylic acid groups (broad SMARTS) is 1. The van der Waals surface area contributed by atoms with E-state index >= 15 is 0 Å². The molecular formula is C12H14N2O3. The van der Waals surface area contributed by atoms with Crippen LogP contribution >= 0.6 is 0 Å². The molecule has 0 bridgehead atoms. The number of aliphatic imine (C=N–C) groups is 1. The van der Waals surface area contributed by atoms with Crippen LogP contribution in [-0.2, 0) is 4.79 Å². The molecule has 1 aromatic carbocycles. The second-order valence-electron chi connectivity index (χ2n) is 3.75. The molecule has 0 fully saturated rings. The van der Waals surface area contributed by atoms with Gasteiger partial charge in [0.1, 0.15) is 18.1 Å². The Balaban J connectivity index is 2.22. The van der Waals surface area contributed by atoms with Crippen molar-refractivity contribution in [2.24, 2.45) is 4.99 Å². The predicted octanol–water partition coefficient (Wildman–Crippen LogP) is 0.842. The number of nitrogens with zero attached hydrogens (tertiary/aromatic N) is 2. The minimum absolute atomic E-state index is 0.0178. The van der Waals surface area contributed by atoms with E-state index in [1.165, 1.54) is 0 Å². The molecule has 0 aromatic heterocycles. The van der Waals surface area contributed by atoms with E-state index in [-0.39, 0.29) is 6.54 Å². The van der Waals surface area contributed by atoms with Crippen molar-refractivity contribution < 1.29 is 14.6 Å². The molecular weight excluding hydrogens is 220 g/mol. The van der Waals surface area contributed by atoms with Crippen LogP contribution in [0.5, 0.6) is 5.75 Å². The van der Waals surface area contributed by atoms with Crippen LogP contribution in [0.15, 0.2) is 29.3 Å². The zero-order chi connectivity index (χ0) is 12.3. The summed E-state index contributed by atoms with van der Waals surface area (Å²) in [5.41, 5.74) is 0.892. The third-order valence-corrected chi connectivity index (χ3v) is 2.59. The number of carbonyl (C=O) groups is 1. The molecule has 0 unspecified atom stereocenters. The lowest BCUT2D eigenvalue weighted by Gasteiger charge is -2.18. The Bertz CT molecular complexity index is 457. The second kappa shape index (κ2) is 4.86. The molecule has 5 heteroatoms. The van der Waals surface area contributed by atoms with Crippen LogP contribution in [0.3, 0.4) is 0 Å². The van der Waals surface area contributed by atoms with Crippen molar-refractivity contribution in [3.05, 3.63) is 29.8 Å². The van der Waals surface area contributed by atoms with E-state index in [9.17, 15) is 4.79 Å². The Morgan fingerprint density at radius 1 is 1.59 bits per heavy atom. The van der Waals surface area contributed by atoms with E-state index in [1.54, 1.807) is 12.0 Å².